The third-order valence-corrected chi connectivity index (χ3v) is 4.90. The highest BCUT2D eigenvalue weighted by atomic mass is 32.2. The molecular formula is C13H17N3O4S. The molecule has 1 aromatic rings. The molecule has 1 saturated heterocycles. The normalized spacial score (nSPS) is 21.6. The van der Waals surface area contributed by atoms with E-state index in [1.54, 1.807) is 20.8 Å². The Morgan fingerprint density at radius 1 is 1.38 bits per heavy atom. The van der Waals surface area contributed by atoms with E-state index in [-0.39, 0.29) is 10.9 Å². The van der Waals surface area contributed by atoms with E-state index in [0.29, 0.717) is 17.0 Å². The minimum atomic E-state index is -1.06. The number of rotatable bonds is 2. The van der Waals surface area contributed by atoms with Crippen molar-refractivity contribution in [2.45, 2.75) is 32.2 Å². The van der Waals surface area contributed by atoms with Crippen LogP contribution in [0.5, 0.6) is 0 Å². The van der Waals surface area contributed by atoms with Crippen LogP contribution >= 0.6 is 11.8 Å². The van der Waals surface area contributed by atoms with Gasteiger partial charge in [-0.25, -0.2) is 9.48 Å². The standard InChI is InChI=1S/C13H17N3O4S/c1-6-7(2)14-15(4)11(17)10(6)12(18)16-8(3)21-5-9(16)13(19)20/h8-9H,5H2,1-4H3,(H,19,20). The second-order valence-electron chi connectivity index (χ2n) is 5.01. The Morgan fingerprint density at radius 2 is 2.00 bits per heavy atom. The lowest BCUT2D eigenvalue weighted by molar-refractivity contribution is -0.141. The fraction of sp³-hybridized carbons (Fsp3) is 0.538. The van der Waals surface area contributed by atoms with Crippen molar-refractivity contribution in [1.29, 1.82) is 0 Å². The predicted octanol–water partition coefficient (Wildman–Crippen LogP) is 0.385. The van der Waals surface area contributed by atoms with Gasteiger partial charge in [-0.15, -0.1) is 11.8 Å². The van der Waals surface area contributed by atoms with Gasteiger partial charge in [-0.05, 0) is 26.3 Å². The number of aryl methyl sites for hydroxylation is 2. The number of amides is 1. The second-order valence-corrected chi connectivity index (χ2v) is 6.36. The molecule has 2 heterocycles. The van der Waals surface area contributed by atoms with Crippen LogP contribution < -0.4 is 5.56 Å². The van der Waals surface area contributed by atoms with Crippen molar-refractivity contribution < 1.29 is 14.7 Å². The Hall–Kier alpha value is -1.83. The third kappa shape index (κ3) is 2.55. The molecule has 1 aliphatic rings. The first kappa shape index (κ1) is 15.6. The first-order valence-corrected chi connectivity index (χ1v) is 7.52. The summed E-state index contributed by atoms with van der Waals surface area (Å²) in [5.41, 5.74) is 0.574. The summed E-state index contributed by atoms with van der Waals surface area (Å²) in [5.74, 6) is -1.27. The topological polar surface area (TPSA) is 92.5 Å². The molecule has 1 aliphatic heterocycles. The summed E-state index contributed by atoms with van der Waals surface area (Å²) < 4.78 is 1.11. The van der Waals surface area contributed by atoms with Gasteiger partial charge < -0.3 is 10.0 Å². The monoisotopic (exact) mass is 311 g/mol. The molecule has 0 bridgehead atoms. The van der Waals surface area contributed by atoms with Crippen molar-refractivity contribution in [3.63, 3.8) is 0 Å². The average Bonchev–Trinajstić information content (AvgIpc) is 2.78. The van der Waals surface area contributed by atoms with Gasteiger partial charge in [0.1, 0.15) is 11.6 Å². The highest BCUT2D eigenvalue weighted by molar-refractivity contribution is 8.00. The minimum absolute atomic E-state index is 0.00519. The molecule has 2 rings (SSSR count). The van der Waals surface area contributed by atoms with Crippen molar-refractivity contribution in [2.75, 3.05) is 5.75 Å². The fourth-order valence-corrected chi connectivity index (χ4v) is 3.54. The van der Waals surface area contributed by atoms with Crippen LogP contribution in [-0.4, -0.2) is 48.8 Å². The Bertz CT molecular complexity index is 670. The number of thioether (sulfide) groups is 1. The van der Waals surface area contributed by atoms with Gasteiger partial charge in [0.25, 0.3) is 11.5 Å². The molecule has 114 valence electrons. The van der Waals surface area contributed by atoms with Crippen LogP contribution in [-0.2, 0) is 11.8 Å². The van der Waals surface area contributed by atoms with Gasteiger partial charge in [0.15, 0.2) is 0 Å². The third-order valence-electron chi connectivity index (χ3n) is 3.68. The highest BCUT2D eigenvalue weighted by Gasteiger charge is 2.41. The van der Waals surface area contributed by atoms with Crippen LogP contribution in [0.2, 0.25) is 0 Å². The average molecular weight is 311 g/mol. The van der Waals surface area contributed by atoms with Crippen LogP contribution in [0, 0.1) is 13.8 Å². The minimum Gasteiger partial charge on any atom is -0.480 e. The largest absolute Gasteiger partial charge is 0.480 e. The van der Waals surface area contributed by atoms with E-state index in [2.05, 4.69) is 5.10 Å². The zero-order chi connectivity index (χ0) is 15.9. The molecule has 1 aromatic heterocycles. The summed E-state index contributed by atoms with van der Waals surface area (Å²) >= 11 is 1.38. The summed E-state index contributed by atoms with van der Waals surface area (Å²) in [4.78, 5) is 37.5. The number of carboxylic acid groups (broad SMARTS) is 1. The molecule has 1 fully saturated rings. The zero-order valence-electron chi connectivity index (χ0n) is 12.3. The van der Waals surface area contributed by atoms with E-state index >= 15 is 0 Å². The maximum Gasteiger partial charge on any atom is 0.327 e. The molecule has 21 heavy (non-hydrogen) atoms. The summed E-state index contributed by atoms with van der Waals surface area (Å²) in [6, 6.07) is -0.907. The number of aromatic nitrogens is 2. The lowest BCUT2D eigenvalue weighted by Gasteiger charge is -2.25. The molecule has 0 saturated carbocycles. The maximum absolute atomic E-state index is 12.7. The van der Waals surface area contributed by atoms with E-state index in [1.165, 1.54) is 23.7 Å². The number of carbonyl (C=O) groups excluding carboxylic acids is 1. The van der Waals surface area contributed by atoms with Gasteiger partial charge in [0.05, 0.1) is 11.1 Å². The van der Waals surface area contributed by atoms with Gasteiger partial charge >= 0.3 is 5.97 Å². The Balaban J connectivity index is 2.54. The predicted molar refractivity (Wildman–Crippen MR) is 78.5 cm³/mol. The molecule has 0 aliphatic carbocycles. The van der Waals surface area contributed by atoms with E-state index in [0.717, 1.165) is 4.68 Å². The SMILES string of the molecule is Cc1nn(C)c(=O)c(C(=O)N2C(C)SCC2C(=O)O)c1C. The quantitative estimate of drug-likeness (QED) is 0.849. The van der Waals surface area contributed by atoms with E-state index in [4.69, 9.17) is 0 Å². The van der Waals surface area contributed by atoms with E-state index in [9.17, 15) is 19.5 Å². The molecule has 0 spiro atoms. The van der Waals surface area contributed by atoms with Crippen LogP contribution in [0.1, 0.15) is 28.5 Å². The molecule has 1 amide bonds. The zero-order valence-corrected chi connectivity index (χ0v) is 13.1. The van der Waals surface area contributed by atoms with Crippen molar-refractivity contribution in [2.24, 2.45) is 7.05 Å². The lowest BCUT2D eigenvalue weighted by atomic mass is 10.1. The molecule has 8 heteroatoms. The van der Waals surface area contributed by atoms with Gasteiger partial charge in [-0.2, -0.15) is 5.10 Å². The number of carbonyl (C=O) groups is 2. The summed E-state index contributed by atoms with van der Waals surface area (Å²) in [6.45, 7) is 5.13. The number of nitrogens with zero attached hydrogens (tertiary/aromatic N) is 3. The smallest absolute Gasteiger partial charge is 0.327 e. The first-order valence-electron chi connectivity index (χ1n) is 6.47. The van der Waals surface area contributed by atoms with Crippen molar-refractivity contribution in [1.82, 2.24) is 14.7 Å². The molecule has 0 aromatic carbocycles. The highest BCUT2D eigenvalue weighted by Crippen LogP contribution is 2.30. The number of hydrogen-bond donors (Lipinski definition) is 1. The van der Waals surface area contributed by atoms with Gasteiger partial charge in [-0.1, -0.05) is 0 Å². The van der Waals surface area contributed by atoms with Crippen LogP contribution in [0.4, 0.5) is 0 Å². The second kappa shape index (κ2) is 5.51. The molecule has 0 radical (unpaired) electrons. The summed E-state index contributed by atoms with van der Waals surface area (Å²) in [6.07, 6.45) is 0. The van der Waals surface area contributed by atoms with Crippen molar-refractivity contribution >= 4 is 23.6 Å². The molecule has 2 unspecified atom stereocenters. The van der Waals surface area contributed by atoms with Gasteiger partial charge in [-0.3, -0.25) is 9.59 Å². The first-order chi connectivity index (χ1) is 9.75. The van der Waals surface area contributed by atoms with Crippen molar-refractivity contribution in [3.05, 3.63) is 27.2 Å². The van der Waals surface area contributed by atoms with Crippen molar-refractivity contribution in [3.8, 4) is 0 Å². The summed E-state index contributed by atoms with van der Waals surface area (Å²) in [7, 11) is 1.47. The number of aliphatic carboxylic acids is 1. The van der Waals surface area contributed by atoms with Crippen LogP contribution in [0.25, 0.3) is 0 Å². The Morgan fingerprint density at radius 3 is 2.57 bits per heavy atom. The van der Waals surface area contributed by atoms with Gasteiger partial charge in [0.2, 0.25) is 0 Å². The molecule has 1 N–H and O–H groups in total. The molecule has 7 nitrogen and oxygen atoms in total. The van der Waals surface area contributed by atoms with E-state index in [1.807, 2.05) is 0 Å². The Kier molecular flexibility index (Phi) is 4.08. The maximum atomic E-state index is 12.7. The number of hydrogen-bond acceptors (Lipinski definition) is 5. The summed E-state index contributed by atoms with van der Waals surface area (Å²) in [5, 5.41) is 13.0. The van der Waals surface area contributed by atoms with Crippen LogP contribution in [0.15, 0.2) is 4.79 Å². The number of carboxylic acids is 1. The molecule has 2 atom stereocenters. The Labute approximate surface area is 125 Å². The lowest BCUT2D eigenvalue weighted by Crippen LogP contribution is -2.47. The molecular weight excluding hydrogens is 294 g/mol. The van der Waals surface area contributed by atoms with E-state index < -0.39 is 23.5 Å². The fourth-order valence-electron chi connectivity index (χ4n) is 2.37. The van der Waals surface area contributed by atoms with Crippen LogP contribution in [0.3, 0.4) is 0 Å². The van der Waals surface area contributed by atoms with Gasteiger partial charge in [0, 0.05) is 12.8 Å².